The van der Waals surface area contributed by atoms with Crippen molar-refractivity contribution in [3.05, 3.63) is 29.1 Å². The van der Waals surface area contributed by atoms with Crippen LogP contribution in [0.15, 0.2) is 12.1 Å². The molecule has 1 heterocycles. The zero-order chi connectivity index (χ0) is 11.4. The van der Waals surface area contributed by atoms with Crippen LogP contribution in [-0.2, 0) is 12.8 Å². The first-order chi connectivity index (χ1) is 7.81. The van der Waals surface area contributed by atoms with E-state index in [0.29, 0.717) is 6.54 Å². The van der Waals surface area contributed by atoms with Crippen molar-refractivity contribution in [2.24, 2.45) is 11.5 Å². The molecule has 3 nitrogen and oxygen atoms in total. The highest BCUT2D eigenvalue weighted by atomic mass is 14.8. The molecule has 0 saturated heterocycles. The average molecular weight is 219 g/mol. The molecule has 0 bridgehead atoms. The van der Waals surface area contributed by atoms with E-state index in [1.54, 1.807) is 0 Å². The van der Waals surface area contributed by atoms with Crippen molar-refractivity contribution in [3.8, 4) is 0 Å². The molecule has 0 amide bonds. The van der Waals surface area contributed by atoms with Crippen molar-refractivity contribution >= 4 is 0 Å². The minimum absolute atomic E-state index is 0.0516. The second-order valence-electron chi connectivity index (χ2n) is 4.59. The first-order valence-corrected chi connectivity index (χ1v) is 6.25. The van der Waals surface area contributed by atoms with Crippen LogP contribution in [0.3, 0.4) is 0 Å². The van der Waals surface area contributed by atoms with Gasteiger partial charge in [0.05, 0.1) is 5.69 Å². The minimum atomic E-state index is 0.0516. The van der Waals surface area contributed by atoms with Crippen LogP contribution in [0, 0.1) is 0 Å². The van der Waals surface area contributed by atoms with Crippen molar-refractivity contribution in [1.29, 1.82) is 0 Å². The zero-order valence-corrected chi connectivity index (χ0v) is 9.78. The van der Waals surface area contributed by atoms with E-state index in [2.05, 4.69) is 12.1 Å². The fraction of sp³-hybridized carbons (Fsp3) is 0.615. The number of nitrogens with zero attached hydrogens (tertiary/aromatic N) is 1. The summed E-state index contributed by atoms with van der Waals surface area (Å²) in [6.45, 7) is 0.707. The van der Waals surface area contributed by atoms with Crippen molar-refractivity contribution in [2.75, 3.05) is 6.54 Å². The van der Waals surface area contributed by atoms with E-state index in [1.807, 2.05) is 0 Å². The summed E-state index contributed by atoms with van der Waals surface area (Å²) in [6.07, 6.45) is 6.77. The summed E-state index contributed by atoms with van der Waals surface area (Å²) in [5.41, 5.74) is 15.3. The lowest BCUT2D eigenvalue weighted by Crippen LogP contribution is -2.16. The average Bonchev–Trinajstić information content (AvgIpc) is 2.35. The van der Waals surface area contributed by atoms with Gasteiger partial charge in [-0.05, 0) is 56.7 Å². The van der Waals surface area contributed by atoms with Gasteiger partial charge in [0, 0.05) is 11.7 Å². The second kappa shape index (κ2) is 5.41. The van der Waals surface area contributed by atoms with Crippen LogP contribution in [0.5, 0.6) is 0 Å². The van der Waals surface area contributed by atoms with Gasteiger partial charge >= 0.3 is 0 Å². The molecular formula is C13H21N3. The van der Waals surface area contributed by atoms with Gasteiger partial charge in [0.2, 0.25) is 0 Å². The minimum Gasteiger partial charge on any atom is -0.330 e. The van der Waals surface area contributed by atoms with Gasteiger partial charge in [-0.15, -0.1) is 0 Å². The predicted octanol–water partition coefficient (Wildman–Crippen LogP) is 1.70. The van der Waals surface area contributed by atoms with E-state index in [-0.39, 0.29) is 6.04 Å². The fourth-order valence-electron chi connectivity index (χ4n) is 2.29. The molecule has 1 aromatic rings. The quantitative estimate of drug-likeness (QED) is 0.810. The zero-order valence-electron chi connectivity index (χ0n) is 9.78. The summed E-state index contributed by atoms with van der Waals surface area (Å²) in [7, 11) is 0. The molecule has 1 unspecified atom stereocenters. The summed E-state index contributed by atoms with van der Waals surface area (Å²) in [6, 6.07) is 4.35. The first-order valence-electron chi connectivity index (χ1n) is 6.25. The molecule has 88 valence electrons. The molecule has 0 aromatic carbocycles. The third-order valence-electron chi connectivity index (χ3n) is 3.30. The monoisotopic (exact) mass is 219 g/mol. The van der Waals surface area contributed by atoms with Gasteiger partial charge in [-0.2, -0.15) is 0 Å². The molecule has 16 heavy (non-hydrogen) atoms. The van der Waals surface area contributed by atoms with Gasteiger partial charge in [-0.1, -0.05) is 6.07 Å². The normalized spacial score (nSPS) is 16.9. The van der Waals surface area contributed by atoms with E-state index in [0.717, 1.165) is 25.0 Å². The molecule has 0 aliphatic heterocycles. The number of hydrogen-bond acceptors (Lipinski definition) is 3. The summed E-state index contributed by atoms with van der Waals surface area (Å²) in [5.74, 6) is 0. The number of rotatable bonds is 4. The highest BCUT2D eigenvalue weighted by Gasteiger charge is 2.13. The van der Waals surface area contributed by atoms with Crippen molar-refractivity contribution in [2.45, 2.75) is 44.6 Å². The Morgan fingerprint density at radius 3 is 2.88 bits per heavy atom. The van der Waals surface area contributed by atoms with E-state index in [4.69, 9.17) is 16.5 Å². The molecule has 0 fully saturated rings. The second-order valence-corrected chi connectivity index (χ2v) is 4.59. The molecule has 1 aromatic heterocycles. The number of fused-ring (bicyclic) bond motifs is 1. The van der Waals surface area contributed by atoms with E-state index >= 15 is 0 Å². The molecule has 2 rings (SSSR count). The smallest absolute Gasteiger partial charge is 0.0574 e. The summed E-state index contributed by atoms with van der Waals surface area (Å²) in [5, 5.41) is 0. The Hall–Kier alpha value is -0.930. The van der Waals surface area contributed by atoms with Crippen LogP contribution in [0.1, 0.15) is 48.7 Å². The first kappa shape index (κ1) is 11.6. The van der Waals surface area contributed by atoms with Gasteiger partial charge in [-0.25, -0.2) is 0 Å². The topological polar surface area (TPSA) is 64.9 Å². The molecule has 0 spiro atoms. The lowest BCUT2D eigenvalue weighted by atomic mass is 9.95. The number of hydrogen-bond donors (Lipinski definition) is 2. The Balaban J connectivity index is 2.10. The number of aromatic nitrogens is 1. The lowest BCUT2D eigenvalue weighted by Gasteiger charge is -2.17. The molecule has 4 N–H and O–H groups in total. The summed E-state index contributed by atoms with van der Waals surface area (Å²) < 4.78 is 0. The third-order valence-corrected chi connectivity index (χ3v) is 3.30. The van der Waals surface area contributed by atoms with Crippen molar-refractivity contribution < 1.29 is 0 Å². The van der Waals surface area contributed by atoms with E-state index < -0.39 is 0 Å². The van der Waals surface area contributed by atoms with Crippen molar-refractivity contribution in [3.63, 3.8) is 0 Å². The van der Waals surface area contributed by atoms with Crippen LogP contribution in [0.4, 0.5) is 0 Å². The molecule has 1 aliphatic carbocycles. The maximum absolute atomic E-state index is 6.10. The SMILES string of the molecule is NCCCC(N)c1ccc2c(n1)CCCC2. The van der Waals surface area contributed by atoms with E-state index in [9.17, 15) is 0 Å². The Labute approximate surface area is 97.2 Å². The fourth-order valence-corrected chi connectivity index (χ4v) is 2.29. The molecule has 1 aliphatic rings. The lowest BCUT2D eigenvalue weighted by molar-refractivity contribution is 0.591. The maximum atomic E-state index is 6.10. The Morgan fingerprint density at radius 1 is 1.25 bits per heavy atom. The highest BCUT2D eigenvalue weighted by Crippen LogP contribution is 2.22. The van der Waals surface area contributed by atoms with Gasteiger partial charge in [0.25, 0.3) is 0 Å². The van der Waals surface area contributed by atoms with Gasteiger partial charge in [0.1, 0.15) is 0 Å². The van der Waals surface area contributed by atoms with Gasteiger partial charge in [0.15, 0.2) is 0 Å². The van der Waals surface area contributed by atoms with Gasteiger partial charge < -0.3 is 11.5 Å². The Bertz CT molecular complexity index is 349. The van der Waals surface area contributed by atoms with Crippen LogP contribution in [0.25, 0.3) is 0 Å². The Morgan fingerprint density at radius 2 is 2.06 bits per heavy atom. The molecule has 1 atom stereocenters. The molecule has 3 heteroatoms. The molecular weight excluding hydrogens is 198 g/mol. The van der Waals surface area contributed by atoms with Gasteiger partial charge in [-0.3, -0.25) is 4.98 Å². The third kappa shape index (κ3) is 2.60. The van der Waals surface area contributed by atoms with E-state index in [1.165, 1.54) is 30.5 Å². The highest BCUT2D eigenvalue weighted by molar-refractivity contribution is 5.26. The molecule has 0 radical (unpaired) electrons. The Kier molecular flexibility index (Phi) is 3.91. The number of aryl methyl sites for hydroxylation is 2. The van der Waals surface area contributed by atoms with Crippen LogP contribution in [0.2, 0.25) is 0 Å². The van der Waals surface area contributed by atoms with Crippen molar-refractivity contribution in [1.82, 2.24) is 4.98 Å². The van der Waals surface area contributed by atoms with Crippen LogP contribution < -0.4 is 11.5 Å². The predicted molar refractivity (Wildman–Crippen MR) is 66.1 cm³/mol. The number of pyridine rings is 1. The summed E-state index contributed by atoms with van der Waals surface area (Å²) >= 11 is 0. The molecule has 0 saturated carbocycles. The largest absolute Gasteiger partial charge is 0.330 e. The maximum Gasteiger partial charge on any atom is 0.0574 e. The number of nitrogens with two attached hydrogens (primary N) is 2. The van der Waals surface area contributed by atoms with Crippen LogP contribution in [-0.4, -0.2) is 11.5 Å². The van der Waals surface area contributed by atoms with Crippen LogP contribution >= 0.6 is 0 Å². The summed E-state index contributed by atoms with van der Waals surface area (Å²) in [4.78, 5) is 4.70. The standard InChI is InChI=1S/C13H21N3/c14-9-3-5-11(15)13-8-7-10-4-1-2-6-12(10)16-13/h7-8,11H,1-6,9,14-15H2.